The number of imidazole rings is 1. The normalized spacial score (nSPS) is 20.4. The predicted octanol–water partition coefficient (Wildman–Crippen LogP) is 2.65. The highest BCUT2D eigenvalue weighted by atomic mass is 15.2. The molecule has 3 heterocycles. The number of rotatable bonds is 4. The summed E-state index contributed by atoms with van der Waals surface area (Å²) in [7, 11) is 0. The molecule has 1 saturated heterocycles. The zero-order valence-electron chi connectivity index (χ0n) is 11.8. The van der Waals surface area contributed by atoms with Crippen molar-refractivity contribution < 1.29 is 0 Å². The Kier molecular flexibility index (Phi) is 3.51. The Morgan fingerprint density at radius 2 is 2.21 bits per heavy atom. The van der Waals surface area contributed by atoms with Gasteiger partial charge in [-0.25, -0.2) is 4.98 Å². The van der Waals surface area contributed by atoms with Crippen LogP contribution in [0.4, 0.5) is 0 Å². The first kappa shape index (κ1) is 12.6. The Hall–Kier alpha value is -1.42. The van der Waals surface area contributed by atoms with Crippen molar-refractivity contribution >= 4 is 11.0 Å². The van der Waals surface area contributed by atoms with Crippen molar-refractivity contribution in [3.8, 4) is 0 Å². The van der Waals surface area contributed by atoms with Crippen LogP contribution >= 0.6 is 0 Å². The summed E-state index contributed by atoms with van der Waals surface area (Å²) >= 11 is 0. The third kappa shape index (κ3) is 2.37. The van der Waals surface area contributed by atoms with E-state index in [1.807, 2.05) is 12.5 Å². The Morgan fingerprint density at radius 1 is 1.32 bits per heavy atom. The van der Waals surface area contributed by atoms with Gasteiger partial charge in [-0.3, -0.25) is 4.98 Å². The summed E-state index contributed by atoms with van der Waals surface area (Å²) in [5, 5.41) is 0. The van der Waals surface area contributed by atoms with Crippen molar-refractivity contribution in [3.63, 3.8) is 0 Å². The molecule has 0 aromatic carbocycles. The third-order valence-electron chi connectivity index (χ3n) is 4.11. The molecular weight excluding hydrogens is 236 g/mol. The maximum absolute atomic E-state index is 4.50. The molecule has 1 atom stereocenters. The minimum absolute atomic E-state index is 0.571. The summed E-state index contributed by atoms with van der Waals surface area (Å²) in [6, 6.07) is 2.79. The van der Waals surface area contributed by atoms with Gasteiger partial charge >= 0.3 is 0 Å². The molecule has 0 unspecified atom stereocenters. The largest absolute Gasteiger partial charge is 0.326 e. The number of hydrogen-bond acceptors (Lipinski definition) is 3. The van der Waals surface area contributed by atoms with Crippen LogP contribution in [0.2, 0.25) is 0 Å². The molecule has 0 saturated carbocycles. The van der Waals surface area contributed by atoms with Gasteiger partial charge in [-0.1, -0.05) is 20.3 Å². The first-order chi connectivity index (χ1) is 9.31. The minimum Gasteiger partial charge on any atom is -0.326 e. The molecule has 19 heavy (non-hydrogen) atoms. The summed E-state index contributed by atoms with van der Waals surface area (Å²) in [5.74, 6) is 0. The van der Waals surface area contributed by atoms with E-state index in [0.717, 1.165) is 31.4 Å². The van der Waals surface area contributed by atoms with Crippen LogP contribution in [0.3, 0.4) is 0 Å². The van der Waals surface area contributed by atoms with Crippen LogP contribution in [0.15, 0.2) is 18.6 Å². The lowest BCUT2D eigenvalue weighted by molar-refractivity contribution is 0.342. The van der Waals surface area contributed by atoms with E-state index in [4.69, 9.17) is 0 Å². The Balaban J connectivity index is 1.93. The van der Waals surface area contributed by atoms with E-state index in [-0.39, 0.29) is 0 Å². The Morgan fingerprint density at radius 3 is 2.95 bits per heavy atom. The molecular formula is C15H22N4. The third-order valence-corrected chi connectivity index (χ3v) is 4.11. The first-order valence-corrected chi connectivity index (χ1v) is 7.35. The molecule has 4 heteroatoms. The summed E-state index contributed by atoms with van der Waals surface area (Å²) < 4.78 is 2.35. The van der Waals surface area contributed by atoms with Gasteiger partial charge in [-0.15, -0.1) is 0 Å². The average molecular weight is 258 g/mol. The highest BCUT2D eigenvalue weighted by Gasteiger charge is 2.23. The van der Waals surface area contributed by atoms with Crippen molar-refractivity contribution in [2.75, 3.05) is 19.6 Å². The lowest BCUT2D eigenvalue weighted by Gasteiger charge is -2.15. The number of likely N-dealkylation sites (tertiary alicyclic amines) is 1. The molecule has 0 radical (unpaired) electrons. The molecule has 2 aromatic rings. The molecule has 4 nitrogen and oxygen atoms in total. The van der Waals surface area contributed by atoms with Crippen LogP contribution < -0.4 is 0 Å². The van der Waals surface area contributed by atoms with Crippen LogP contribution in [0.5, 0.6) is 0 Å². The number of pyridine rings is 1. The molecule has 1 aliphatic rings. The Labute approximate surface area is 114 Å². The van der Waals surface area contributed by atoms with Gasteiger partial charge in [0.05, 0.1) is 18.0 Å². The van der Waals surface area contributed by atoms with Crippen LogP contribution in [0.25, 0.3) is 11.0 Å². The molecule has 3 rings (SSSR count). The Bertz CT molecular complexity index is 560. The molecule has 102 valence electrons. The SMILES string of the molecule is CCCc1cc2c(cn1)ncn2[C@@H]1CCN(CC)C1. The van der Waals surface area contributed by atoms with E-state index in [1.54, 1.807) is 0 Å². The monoisotopic (exact) mass is 258 g/mol. The van der Waals surface area contributed by atoms with E-state index in [0.29, 0.717) is 6.04 Å². The standard InChI is InChI=1S/C15H22N4/c1-3-5-12-8-15-14(9-16-12)17-11-19(15)13-6-7-18(4-2)10-13/h8-9,11,13H,3-7,10H2,1-2H3/t13-/m1/s1. The topological polar surface area (TPSA) is 34.0 Å². The second-order valence-electron chi connectivity index (χ2n) is 5.40. The maximum Gasteiger partial charge on any atom is 0.107 e. The fourth-order valence-electron chi connectivity index (χ4n) is 2.98. The number of aromatic nitrogens is 3. The fraction of sp³-hybridized carbons (Fsp3) is 0.600. The number of fused-ring (bicyclic) bond motifs is 1. The molecule has 1 fully saturated rings. The van der Waals surface area contributed by atoms with E-state index >= 15 is 0 Å². The van der Waals surface area contributed by atoms with E-state index in [9.17, 15) is 0 Å². The van der Waals surface area contributed by atoms with E-state index in [1.165, 1.54) is 24.2 Å². The van der Waals surface area contributed by atoms with Gasteiger partial charge in [0, 0.05) is 24.8 Å². The first-order valence-electron chi connectivity index (χ1n) is 7.35. The number of hydrogen-bond donors (Lipinski definition) is 0. The van der Waals surface area contributed by atoms with Gasteiger partial charge in [0.1, 0.15) is 5.52 Å². The van der Waals surface area contributed by atoms with Crippen molar-refractivity contribution in [2.24, 2.45) is 0 Å². The van der Waals surface area contributed by atoms with Crippen molar-refractivity contribution in [3.05, 3.63) is 24.3 Å². The van der Waals surface area contributed by atoms with E-state index < -0.39 is 0 Å². The molecule has 0 bridgehead atoms. The number of nitrogens with zero attached hydrogens (tertiary/aromatic N) is 4. The summed E-state index contributed by atoms with van der Waals surface area (Å²) in [6.07, 6.45) is 7.33. The fourth-order valence-corrected chi connectivity index (χ4v) is 2.98. The molecule has 1 aliphatic heterocycles. The summed E-state index contributed by atoms with van der Waals surface area (Å²) in [4.78, 5) is 11.5. The van der Waals surface area contributed by atoms with Gasteiger partial charge in [-0.05, 0) is 25.5 Å². The van der Waals surface area contributed by atoms with Gasteiger partial charge in [0.25, 0.3) is 0 Å². The van der Waals surface area contributed by atoms with Crippen LogP contribution in [0.1, 0.15) is 38.4 Å². The lowest BCUT2D eigenvalue weighted by atomic mass is 10.2. The predicted molar refractivity (Wildman–Crippen MR) is 77.3 cm³/mol. The summed E-state index contributed by atoms with van der Waals surface area (Å²) in [5.41, 5.74) is 3.46. The minimum atomic E-state index is 0.571. The number of likely N-dealkylation sites (N-methyl/N-ethyl adjacent to an activating group) is 1. The molecule has 2 aromatic heterocycles. The van der Waals surface area contributed by atoms with Gasteiger partial charge in [0.2, 0.25) is 0 Å². The smallest absolute Gasteiger partial charge is 0.107 e. The van der Waals surface area contributed by atoms with Crippen LogP contribution in [-0.4, -0.2) is 39.1 Å². The highest BCUT2D eigenvalue weighted by molar-refractivity contribution is 5.74. The van der Waals surface area contributed by atoms with Gasteiger partial charge in [-0.2, -0.15) is 0 Å². The van der Waals surface area contributed by atoms with Crippen LogP contribution in [0, 0.1) is 0 Å². The van der Waals surface area contributed by atoms with Gasteiger partial charge in [0.15, 0.2) is 0 Å². The van der Waals surface area contributed by atoms with E-state index in [2.05, 4.69) is 39.3 Å². The van der Waals surface area contributed by atoms with Crippen molar-refractivity contribution in [1.29, 1.82) is 0 Å². The number of aryl methyl sites for hydroxylation is 1. The van der Waals surface area contributed by atoms with Crippen molar-refractivity contribution in [2.45, 2.75) is 39.2 Å². The van der Waals surface area contributed by atoms with Crippen molar-refractivity contribution in [1.82, 2.24) is 19.4 Å². The molecule has 0 amide bonds. The van der Waals surface area contributed by atoms with Gasteiger partial charge < -0.3 is 9.47 Å². The zero-order valence-corrected chi connectivity index (χ0v) is 11.8. The quantitative estimate of drug-likeness (QED) is 0.845. The zero-order chi connectivity index (χ0) is 13.2. The second kappa shape index (κ2) is 5.29. The molecule has 0 spiro atoms. The average Bonchev–Trinajstić information content (AvgIpc) is 3.04. The maximum atomic E-state index is 4.50. The highest BCUT2D eigenvalue weighted by Crippen LogP contribution is 2.25. The molecule has 0 aliphatic carbocycles. The van der Waals surface area contributed by atoms with Crippen LogP contribution in [-0.2, 0) is 6.42 Å². The second-order valence-corrected chi connectivity index (χ2v) is 5.40. The summed E-state index contributed by atoms with van der Waals surface area (Å²) in [6.45, 7) is 7.92. The molecule has 0 N–H and O–H groups in total. The lowest BCUT2D eigenvalue weighted by Crippen LogP contribution is -2.20.